The smallest absolute Gasteiger partial charge is 0.308 e. The Balaban J connectivity index is 1.62. The lowest BCUT2D eigenvalue weighted by molar-refractivity contribution is -0.137. The minimum absolute atomic E-state index is 0.0000469. The SMILES string of the molecule is O=C(Nc1ccc(C(F)(F)F)cc1)Nc1ccc(S(=O)(=O)Nc2ccccc2)cc1. The third kappa shape index (κ3) is 5.51. The Morgan fingerprint density at radius 1 is 0.700 bits per heavy atom. The predicted molar refractivity (Wildman–Crippen MR) is 108 cm³/mol. The van der Waals surface area contributed by atoms with Crippen LogP contribution in [0, 0.1) is 0 Å². The Morgan fingerprint density at radius 2 is 1.20 bits per heavy atom. The van der Waals surface area contributed by atoms with Crippen LogP contribution in [-0.4, -0.2) is 14.4 Å². The normalized spacial score (nSPS) is 11.6. The molecule has 3 aromatic rings. The van der Waals surface area contributed by atoms with E-state index in [2.05, 4.69) is 15.4 Å². The number of halogens is 3. The van der Waals surface area contributed by atoms with Gasteiger partial charge in [0.05, 0.1) is 10.5 Å². The summed E-state index contributed by atoms with van der Waals surface area (Å²) in [5.74, 6) is 0. The maximum atomic E-state index is 12.6. The van der Waals surface area contributed by atoms with E-state index in [1.807, 2.05) is 0 Å². The largest absolute Gasteiger partial charge is 0.416 e. The molecule has 0 aromatic heterocycles. The van der Waals surface area contributed by atoms with Crippen molar-refractivity contribution in [1.82, 2.24) is 0 Å². The summed E-state index contributed by atoms with van der Waals surface area (Å²) in [5, 5.41) is 4.87. The number of hydrogen-bond donors (Lipinski definition) is 3. The zero-order chi connectivity index (χ0) is 21.8. The molecule has 0 unspecified atom stereocenters. The lowest BCUT2D eigenvalue weighted by atomic mass is 10.2. The summed E-state index contributed by atoms with van der Waals surface area (Å²) < 4.78 is 64.9. The lowest BCUT2D eigenvalue weighted by Crippen LogP contribution is -2.19. The summed E-state index contributed by atoms with van der Waals surface area (Å²) in [6.45, 7) is 0. The molecular formula is C20H16F3N3O3S. The molecule has 0 bridgehead atoms. The second-order valence-corrected chi connectivity index (χ2v) is 7.83. The maximum Gasteiger partial charge on any atom is 0.416 e. The van der Waals surface area contributed by atoms with Crippen LogP contribution in [0.15, 0.2) is 83.8 Å². The molecule has 0 saturated heterocycles. The van der Waals surface area contributed by atoms with E-state index >= 15 is 0 Å². The van der Waals surface area contributed by atoms with Gasteiger partial charge in [0.25, 0.3) is 10.0 Å². The Labute approximate surface area is 170 Å². The van der Waals surface area contributed by atoms with Crippen LogP contribution in [0.1, 0.15) is 5.56 Å². The number of hydrogen-bond acceptors (Lipinski definition) is 3. The first kappa shape index (κ1) is 21.2. The van der Waals surface area contributed by atoms with Crippen LogP contribution in [-0.2, 0) is 16.2 Å². The van der Waals surface area contributed by atoms with Gasteiger partial charge in [-0.2, -0.15) is 13.2 Å². The van der Waals surface area contributed by atoms with Gasteiger partial charge < -0.3 is 10.6 Å². The summed E-state index contributed by atoms with van der Waals surface area (Å²) in [7, 11) is -3.79. The number of benzene rings is 3. The molecule has 0 atom stereocenters. The first-order valence-electron chi connectivity index (χ1n) is 8.57. The van der Waals surface area contributed by atoms with Gasteiger partial charge in [-0.05, 0) is 60.7 Å². The van der Waals surface area contributed by atoms with Gasteiger partial charge in [-0.15, -0.1) is 0 Å². The number of carbonyl (C=O) groups is 1. The van der Waals surface area contributed by atoms with Gasteiger partial charge in [-0.1, -0.05) is 18.2 Å². The molecule has 0 radical (unpaired) electrons. The third-order valence-electron chi connectivity index (χ3n) is 3.92. The Hall–Kier alpha value is -3.53. The van der Waals surface area contributed by atoms with E-state index in [0.717, 1.165) is 24.3 Å². The molecule has 0 heterocycles. The molecule has 10 heteroatoms. The fraction of sp³-hybridized carbons (Fsp3) is 0.0500. The van der Waals surface area contributed by atoms with Gasteiger partial charge in [0.1, 0.15) is 0 Å². The number of anilines is 3. The summed E-state index contributed by atoms with van der Waals surface area (Å²) >= 11 is 0. The molecule has 6 nitrogen and oxygen atoms in total. The lowest BCUT2D eigenvalue weighted by Gasteiger charge is -2.11. The van der Waals surface area contributed by atoms with Crippen molar-refractivity contribution in [2.24, 2.45) is 0 Å². The van der Waals surface area contributed by atoms with Crippen LogP contribution >= 0.6 is 0 Å². The number of urea groups is 1. The molecule has 0 spiro atoms. The van der Waals surface area contributed by atoms with E-state index < -0.39 is 27.8 Å². The molecule has 0 aliphatic carbocycles. The van der Waals surface area contributed by atoms with E-state index in [4.69, 9.17) is 0 Å². The number of para-hydroxylation sites is 1. The number of amides is 2. The van der Waals surface area contributed by atoms with Gasteiger partial charge in [-0.3, -0.25) is 4.72 Å². The highest BCUT2D eigenvalue weighted by molar-refractivity contribution is 7.92. The second kappa shape index (κ2) is 8.46. The average Bonchev–Trinajstić information content (AvgIpc) is 2.68. The van der Waals surface area contributed by atoms with Crippen LogP contribution < -0.4 is 15.4 Å². The van der Waals surface area contributed by atoms with Crippen molar-refractivity contribution in [3.05, 3.63) is 84.4 Å². The van der Waals surface area contributed by atoms with Crippen LogP contribution in [0.3, 0.4) is 0 Å². The van der Waals surface area contributed by atoms with Crippen LogP contribution in [0.25, 0.3) is 0 Å². The summed E-state index contributed by atoms with van der Waals surface area (Å²) in [6.07, 6.45) is -4.46. The van der Waals surface area contributed by atoms with Crippen LogP contribution in [0.2, 0.25) is 0 Å². The van der Waals surface area contributed by atoms with E-state index in [0.29, 0.717) is 11.4 Å². The first-order valence-corrected chi connectivity index (χ1v) is 10.0. The number of alkyl halides is 3. The molecule has 0 saturated carbocycles. The summed E-state index contributed by atoms with van der Waals surface area (Å²) in [4.78, 5) is 12.0. The highest BCUT2D eigenvalue weighted by Gasteiger charge is 2.30. The standard InChI is InChI=1S/C20H16F3N3O3S/c21-20(22,23)14-6-8-15(9-7-14)24-19(27)25-16-10-12-18(13-11-16)30(28,29)26-17-4-2-1-3-5-17/h1-13,26H,(H2,24,25,27). The first-order chi connectivity index (χ1) is 14.1. The van der Waals surface area contributed by atoms with Crippen molar-refractivity contribution in [1.29, 1.82) is 0 Å². The number of nitrogens with one attached hydrogen (secondary N) is 3. The second-order valence-electron chi connectivity index (χ2n) is 6.15. The molecule has 30 heavy (non-hydrogen) atoms. The number of rotatable bonds is 5. The molecule has 3 aromatic carbocycles. The number of sulfonamides is 1. The fourth-order valence-corrected chi connectivity index (χ4v) is 3.53. The quantitative estimate of drug-likeness (QED) is 0.518. The van der Waals surface area contributed by atoms with E-state index in [1.54, 1.807) is 30.3 Å². The molecule has 156 valence electrons. The number of carbonyl (C=O) groups excluding carboxylic acids is 1. The van der Waals surface area contributed by atoms with Gasteiger partial charge in [0, 0.05) is 17.1 Å². The third-order valence-corrected chi connectivity index (χ3v) is 5.32. The predicted octanol–water partition coefficient (Wildman–Crippen LogP) is 5.15. The fourth-order valence-electron chi connectivity index (χ4n) is 2.47. The van der Waals surface area contributed by atoms with Crippen LogP contribution in [0.5, 0.6) is 0 Å². The monoisotopic (exact) mass is 435 g/mol. The zero-order valence-electron chi connectivity index (χ0n) is 15.3. The summed E-state index contributed by atoms with van der Waals surface area (Å²) in [6, 6.07) is 17.1. The Bertz CT molecular complexity index is 1120. The molecular weight excluding hydrogens is 419 g/mol. The van der Waals surface area contributed by atoms with Crippen molar-refractivity contribution in [3.63, 3.8) is 0 Å². The summed E-state index contributed by atoms with van der Waals surface area (Å²) in [5.41, 5.74) is 0.0646. The molecule has 3 rings (SSSR count). The van der Waals surface area contributed by atoms with Gasteiger partial charge in [0.2, 0.25) is 0 Å². The Kier molecular flexibility index (Phi) is 5.97. The molecule has 0 fully saturated rings. The van der Waals surface area contributed by atoms with Crippen molar-refractivity contribution >= 4 is 33.1 Å². The minimum atomic E-state index is -4.46. The topological polar surface area (TPSA) is 87.3 Å². The molecule has 0 aliphatic rings. The van der Waals surface area contributed by atoms with Crippen molar-refractivity contribution in [2.75, 3.05) is 15.4 Å². The van der Waals surface area contributed by atoms with Crippen molar-refractivity contribution in [2.45, 2.75) is 11.1 Å². The van der Waals surface area contributed by atoms with Gasteiger partial charge >= 0.3 is 12.2 Å². The van der Waals surface area contributed by atoms with E-state index in [9.17, 15) is 26.4 Å². The molecule has 0 aliphatic heterocycles. The highest BCUT2D eigenvalue weighted by atomic mass is 32.2. The van der Waals surface area contributed by atoms with Gasteiger partial charge in [-0.25, -0.2) is 13.2 Å². The average molecular weight is 435 g/mol. The molecule has 2 amide bonds. The van der Waals surface area contributed by atoms with Crippen molar-refractivity contribution in [3.8, 4) is 0 Å². The van der Waals surface area contributed by atoms with E-state index in [1.165, 1.54) is 24.3 Å². The minimum Gasteiger partial charge on any atom is -0.308 e. The Morgan fingerprint density at radius 3 is 1.70 bits per heavy atom. The van der Waals surface area contributed by atoms with Gasteiger partial charge in [0.15, 0.2) is 0 Å². The van der Waals surface area contributed by atoms with E-state index in [-0.39, 0.29) is 10.6 Å². The molecule has 3 N–H and O–H groups in total. The zero-order valence-corrected chi connectivity index (χ0v) is 16.1. The van der Waals surface area contributed by atoms with Crippen molar-refractivity contribution < 1.29 is 26.4 Å². The highest BCUT2D eigenvalue weighted by Crippen LogP contribution is 2.29. The maximum absolute atomic E-state index is 12.6. The van der Waals surface area contributed by atoms with Crippen LogP contribution in [0.4, 0.5) is 35.0 Å².